The molecule has 2 aromatic rings. The number of aryl methyl sites for hydroxylation is 1. The highest BCUT2D eigenvalue weighted by Crippen LogP contribution is 2.35. The van der Waals surface area contributed by atoms with Gasteiger partial charge >= 0.3 is 0 Å². The fourth-order valence-electron chi connectivity index (χ4n) is 2.79. The van der Waals surface area contributed by atoms with Gasteiger partial charge in [-0.3, -0.25) is 9.10 Å². The van der Waals surface area contributed by atoms with Crippen molar-refractivity contribution in [2.24, 2.45) is 0 Å². The molecule has 23 heavy (non-hydrogen) atoms. The van der Waals surface area contributed by atoms with Crippen LogP contribution in [-0.4, -0.2) is 33.7 Å². The molecule has 0 aliphatic carbocycles. The van der Waals surface area contributed by atoms with E-state index in [9.17, 15) is 13.2 Å². The van der Waals surface area contributed by atoms with Crippen molar-refractivity contribution in [2.45, 2.75) is 13.3 Å². The summed E-state index contributed by atoms with van der Waals surface area (Å²) in [7, 11) is -3.38. The molecule has 1 aromatic carbocycles. The SMILES string of the molecule is Cc1ccsc1C(=O)N1CCCN(S(C)(=O)=O)c2ccccc21. The van der Waals surface area contributed by atoms with Crippen LogP contribution in [0.1, 0.15) is 21.7 Å². The van der Waals surface area contributed by atoms with Crippen molar-refractivity contribution in [3.63, 3.8) is 0 Å². The molecular formula is C16H18N2O3S2. The number of hydrogen-bond acceptors (Lipinski definition) is 4. The Balaban J connectivity index is 2.09. The Bertz CT molecular complexity index is 843. The maximum Gasteiger partial charge on any atom is 0.268 e. The van der Waals surface area contributed by atoms with Gasteiger partial charge in [0.25, 0.3) is 5.91 Å². The highest BCUT2D eigenvalue weighted by atomic mass is 32.2. The standard InChI is InChI=1S/C16H18N2O3S2/c1-12-8-11-22-15(12)16(19)17-9-5-10-18(23(2,20)21)14-7-4-3-6-13(14)17/h3-4,6-8,11H,5,9-10H2,1-2H3. The molecule has 0 saturated heterocycles. The lowest BCUT2D eigenvalue weighted by molar-refractivity contribution is 0.0990. The highest BCUT2D eigenvalue weighted by Gasteiger charge is 2.29. The molecule has 122 valence electrons. The number of anilines is 2. The van der Waals surface area contributed by atoms with E-state index >= 15 is 0 Å². The number of amides is 1. The Hall–Kier alpha value is -1.86. The van der Waals surface area contributed by atoms with Gasteiger partial charge in [-0.1, -0.05) is 12.1 Å². The monoisotopic (exact) mass is 350 g/mol. The molecule has 0 N–H and O–H groups in total. The first-order valence-electron chi connectivity index (χ1n) is 7.32. The molecule has 1 aliphatic rings. The Kier molecular flexibility index (Phi) is 4.16. The first-order chi connectivity index (χ1) is 10.9. The molecule has 2 heterocycles. The van der Waals surface area contributed by atoms with Crippen LogP contribution in [0.2, 0.25) is 0 Å². The molecule has 0 saturated carbocycles. The number of carbonyl (C=O) groups is 1. The molecule has 3 rings (SSSR count). The first kappa shape index (κ1) is 16.0. The summed E-state index contributed by atoms with van der Waals surface area (Å²) >= 11 is 1.42. The van der Waals surface area contributed by atoms with Gasteiger partial charge in [0, 0.05) is 13.1 Å². The second-order valence-corrected chi connectivity index (χ2v) is 8.39. The minimum absolute atomic E-state index is 0.0692. The van der Waals surface area contributed by atoms with Crippen molar-refractivity contribution in [2.75, 3.05) is 28.6 Å². The van der Waals surface area contributed by atoms with E-state index in [0.29, 0.717) is 35.8 Å². The van der Waals surface area contributed by atoms with Crippen LogP contribution in [0.5, 0.6) is 0 Å². The van der Waals surface area contributed by atoms with Gasteiger partial charge in [0.2, 0.25) is 10.0 Å². The molecule has 0 atom stereocenters. The molecule has 1 aromatic heterocycles. The molecule has 5 nitrogen and oxygen atoms in total. The van der Waals surface area contributed by atoms with Crippen LogP contribution in [0.25, 0.3) is 0 Å². The molecule has 0 bridgehead atoms. The van der Waals surface area contributed by atoms with Crippen LogP contribution in [0.3, 0.4) is 0 Å². The number of carbonyl (C=O) groups excluding carboxylic acids is 1. The van der Waals surface area contributed by atoms with Gasteiger partial charge in [-0.05, 0) is 42.5 Å². The van der Waals surface area contributed by atoms with Crippen molar-refractivity contribution in [3.8, 4) is 0 Å². The average Bonchev–Trinajstić information content (AvgIpc) is 2.82. The minimum Gasteiger partial charge on any atom is -0.306 e. The van der Waals surface area contributed by atoms with Gasteiger partial charge < -0.3 is 4.90 Å². The van der Waals surface area contributed by atoms with E-state index in [1.807, 2.05) is 24.4 Å². The molecule has 0 spiro atoms. The zero-order chi connectivity index (χ0) is 16.6. The van der Waals surface area contributed by atoms with E-state index in [4.69, 9.17) is 0 Å². The van der Waals surface area contributed by atoms with Crippen LogP contribution in [0, 0.1) is 6.92 Å². The summed E-state index contributed by atoms with van der Waals surface area (Å²) in [6.07, 6.45) is 1.79. The zero-order valence-electron chi connectivity index (χ0n) is 13.0. The number of nitrogens with zero attached hydrogens (tertiary/aromatic N) is 2. The van der Waals surface area contributed by atoms with Crippen molar-refractivity contribution in [1.82, 2.24) is 0 Å². The Labute approximate surface area is 140 Å². The number of sulfonamides is 1. The summed E-state index contributed by atoms with van der Waals surface area (Å²) in [5.74, 6) is -0.0692. The molecule has 7 heteroatoms. The number of thiophene rings is 1. The van der Waals surface area contributed by atoms with E-state index in [1.165, 1.54) is 21.9 Å². The summed E-state index contributed by atoms with van der Waals surface area (Å²) in [5.41, 5.74) is 2.16. The smallest absolute Gasteiger partial charge is 0.268 e. The number of rotatable bonds is 2. The molecule has 0 radical (unpaired) electrons. The van der Waals surface area contributed by atoms with Crippen LogP contribution >= 0.6 is 11.3 Å². The summed E-state index contributed by atoms with van der Waals surface area (Å²) in [5, 5.41) is 1.90. The van der Waals surface area contributed by atoms with Gasteiger partial charge in [0.05, 0.1) is 22.5 Å². The maximum atomic E-state index is 12.9. The minimum atomic E-state index is -3.38. The van der Waals surface area contributed by atoms with Crippen LogP contribution in [0.15, 0.2) is 35.7 Å². The third-order valence-corrected chi connectivity index (χ3v) is 6.07. The van der Waals surface area contributed by atoms with E-state index < -0.39 is 10.0 Å². The van der Waals surface area contributed by atoms with Crippen molar-refractivity contribution < 1.29 is 13.2 Å². The van der Waals surface area contributed by atoms with Crippen molar-refractivity contribution in [3.05, 3.63) is 46.2 Å². The van der Waals surface area contributed by atoms with Crippen LogP contribution in [0.4, 0.5) is 11.4 Å². The van der Waals surface area contributed by atoms with Crippen molar-refractivity contribution in [1.29, 1.82) is 0 Å². The van der Waals surface area contributed by atoms with Gasteiger partial charge in [-0.2, -0.15) is 0 Å². The number of para-hydroxylation sites is 2. The summed E-state index contributed by atoms with van der Waals surface area (Å²) in [6, 6.07) is 9.10. The van der Waals surface area contributed by atoms with Gasteiger partial charge in [-0.15, -0.1) is 11.3 Å². The Morgan fingerprint density at radius 3 is 2.43 bits per heavy atom. The van der Waals surface area contributed by atoms with E-state index in [2.05, 4.69) is 0 Å². The zero-order valence-corrected chi connectivity index (χ0v) is 14.7. The summed E-state index contributed by atoms with van der Waals surface area (Å²) < 4.78 is 25.6. The summed E-state index contributed by atoms with van der Waals surface area (Å²) in [6.45, 7) is 2.79. The topological polar surface area (TPSA) is 57.7 Å². The summed E-state index contributed by atoms with van der Waals surface area (Å²) in [4.78, 5) is 15.3. The fraction of sp³-hybridized carbons (Fsp3) is 0.312. The van der Waals surface area contributed by atoms with Gasteiger partial charge in [-0.25, -0.2) is 8.42 Å². The van der Waals surface area contributed by atoms with Crippen LogP contribution < -0.4 is 9.21 Å². The van der Waals surface area contributed by atoms with Gasteiger partial charge in [0.15, 0.2) is 0 Å². The normalized spacial score (nSPS) is 15.2. The molecule has 1 amide bonds. The second kappa shape index (κ2) is 5.98. The molecule has 0 fully saturated rings. The van der Waals surface area contributed by atoms with E-state index in [1.54, 1.807) is 23.1 Å². The predicted molar refractivity (Wildman–Crippen MR) is 94.0 cm³/mol. The quantitative estimate of drug-likeness (QED) is 0.837. The second-order valence-electron chi connectivity index (χ2n) is 5.57. The Morgan fingerprint density at radius 2 is 1.83 bits per heavy atom. The van der Waals surface area contributed by atoms with E-state index in [-0.39, 0.29) is 5.91 Å². The van der Waals surface area contributed by atoms with E-state index in [0.717, 1.165) is 5.56 Å². The third kappa shape index (κ3) is 2.98. The van der Waals surface area contributed by atoms with Crippen molar-refractivity contribution >= 4 is 38.6 Å². The number of hydrogen-bond donors (Lipinski definition) is 0. The number of benzene rings is 1. The first-order valence-corrected chi connectivity index (χ1v) is 10.0. The van der Waals surface area contributed by atoms with Gasteiger partial charge in [0.1, 0.15) is 0 Å². The maximum absolute atomic E-state index is 12.9. The lowest BCUT2D eigenvalue weighted by Gasteiger charge is -2.25. The molecule has 1 aliphatic heterocycles. The number of fused-ring (bicyclic) bond motifs is 1. The lowest BCUT2D eigenvalue weighted by Crippen LogP contribution is -2.31. The largest absolute Gasteiger partial charge is 0.306 e. The average molecular weight is 350 g/mol. The fourth-order valence-corrected chi connectivity index (χ4v) is 4.63. The molecule has 0 unspecified atom stereocenters. The third-order valence-electron chi connectivity index (χ3n) is 3.89. The Morgan fingerprint density at radius 1 is 1.13 bits per heavy atom. The predicted octanol–water partition coefficient (Wildman–Crippen LogP) is 2.87. The lowest BCUT2D eigenvalue weighted by atomic mass is 10.2. The van der Waals surface area contributed by atoms with Crippen LogP contribution in [-0.2, 0) is 10.0 Å². The highest BCUT2D eigenvalue weighted by molar-refractivity contribution is 7.92. The molecular weight excluding hydrogens is 332 g/mol.